The SMILES string of the molecule is O=C(NCc1ccsc1)c1cccc(NC(=O)N2CCC(Oc3cccc(F)c3)CC2)c1. The van der Waals surface area contributed by atoms with E-state index in [1.807, 2.05) is 16.8 Å². The molecule has 4 rings (SSSR count). The van der Waals surface area contributed by atoms with Crippen molar-refractivity contribution in [3.05, 3.63) is 82.3 Å². The van der Waals surface area contributed by atoms with Gasteiger partial charge in [-0.1, -0.05) is 12.1 Å². The van der Waals surface area contributed by atoms with Crippen LogP contribution in [0.4, 0.5) is 14.9 Å². The fourth-order valence-electron chi connectivity index (χ4n) is 3.53. The molecule has 0 aliphatic carbocycles. The van der Waals surface area contributed by atoms with Crippen molar-refractivity contribution in [1.29, 1.82) is 0 Å². The van der Waals surface area contributed by atoms with E-state index in [0.29, 0.717) is 49.5 Å². The lowest BCUT2D eigenvalue weighted by molar-refractivity contribution is 0.0950. The van der Waals surface area contributed by atoms with Crippen LogP contribution < -0.4 is 15.4 Å². The molecule has 1 saturated heterocycles. The van der Waals surface area contributed by atoms with Gasteiger partial charge in [0.1, 0.15) is 17.7 Å². The smallest absolute Gasteiger partial charge is 0.321 e. The second-order valence-electron chi connectivity index (χ2n) is 7.59. The highest BCUT2D eigenvalue weighted by Gasteiger charge is 2.24. The quantitative estimate of drug-likeness (QED) is 0.558. The summed E-state index contributed by atoms with van der Waals surface area (Å²) in [5, 5.41) is 9.70. The van der Waals surface area contributed by atoms with Gasteiger partial charge in [0.25, 0.3) is 5.91 Å². The summed E-state index contributed by atoms with van der Waals surface area (Å²) in [7, 11) is 0. The highest BCUT2D eigenvalue weighted by molar-refractivity contribution is 7.07. The highest BCUT2D eigenvalue weighted by Crippen LogP contribution is 2.21. The lowest BCUT2D eigenvalue weighted by Gasteiger charge is -2.32. The molecule has 2 aromatic carbocycles. The molecular weight excluding hydrogens is 429 g/mol. The first-order valence-corrected chi connectivity index (χ1v) is 11.4. The van der Waals surface area contributed by atoms with Crippen molar-refractivity contribution >= 4 is 29.0 Å². The van der Waals surface area contributed by atoms with Crippen molar-refractivity contribution in [3.63, 3.8) is 0 Å². The van der Waals surface area contributed by atoms with Crippen LogP contribution in [-0.2, 0) is 6.54 Å². The second-order valence-corrected chi connectivity index (χ2v) is 8.37. The van der Waals surface area contributed by atoms with Crippen molar-refractivity contribution in [2.75, 3.05) is 18.4 Å². The van der Waals surface area contributed by atoms with Crippen molar-refractivity contribution in [1.82, 2.24) is 10.2 Å². The molecule has 3 amide bonds. The van der Waals surface area contributed by atoms with E-state index < -0.39 is 0 Å². The zero-order chi connectivity index (χ0) is 22.3. The molecule has 0 unspecified atom stereocenters. The summed E-state index contributed by atoms with van der Waals surface area (Å²) >= 11 is 1.58. The van der Waals surface area contributed by atoms with Crippen molar-refractivity contribution in [3.8, 4) is 5.75 Å². The minimum atomic E-state index is -0.332. The maximum atomic E-state index is 13.3. The number of hydrogen-bond acceptors (Lipinski definition) is 4. The number of rotatable bonds is 6. The molecular formula is C24H24FN3O3S. The third-order valence-electron chi connectivity index (χ3n) is 5.24. The van der Waals surface area contributed by atoms with E-state index in [-0.39, 0.29) is 23.9 Å². The van der Waals surface area contributed by atoms with Gasteiger partial charge in [0, 0.05) is 49.8 Å². The van der Waals surface area contributed by atoms with Crippen LogP contribution in [-0.4, -0.2) is 36.0 Å². The number of benzene rings is 2. The molecule has 166 valence electrons. The predicted octanol–water partition coefficient (Wildman–Crippen LogP) is 4.89. The number of likely N-dealkylation sites (tertiary alicyclic amines) is 1. The molecule has 6 nitrogen and oxygen atoms in total. The van der Waals surface area contributed by atoms with Crippen LogP contribution in [0.2, 0.25) is 0 Å². The lowest BCUT2D eigenvalue weighted by atomic mass is 10.1. The highest BCUT2D eigenvalue weighted by atomic mass is 32.1. The third kappa shape index (κ3) is 5.85. The fraction of sp³-hybridized carbons (Fsp3) is 0.250. The summed E-state index contributed by atoms with van der Waals surface area (Å²) in [5.41, 5.74) is 2.11. The van der Waals surface area contributed by atoms with Crippen LogP contribution in [0.3, 0.4) is 0 Å². The number of carbonyl (C=O) groups is 2. The van der Waals surface area contributed by atoms with E-state index in [9.17, 15) is 14.0 Å². The number of ether oxygens (including phenoxy) is 1. The van der Waals surface area contributed by atoms with E-state index >= 15 is 0 Å². The number of anilines is 1. The van der Waals surface area contributed by atoms with Crippen molar-refractivity contribution < 1.29 is 18.7 Å². The molecule has 8 heteroatoms. The Morgan fingerprint density at radius 3 is 2.66 bits per heavy atom. The van der Waals surface area contributed by atoms with Gasteiger partial charge in [-0.2, -0.15) is 11.3 Å². The monoisotopic (exact) mass is 453 g/mol. The van der Waals surface area contributed by atoms with Gasteiger partial charge in [0.05, 0.1) is 0 Å². The van der Waals surface area contributed by atoms with Crippen molar-refractivity contribution in [2.45, 2.75) is 25.5 Å². The molecule has 0 saturated carbocycles. The Labute approximate surface area is 190 Å². The largest absolute Gasteiger partial charge is 0.490 e. The Kier molecular flexibility index (Phi) is 7.01. The number of nitrogens with zero attached hydrogens (tertiary/aromatic N) is 1. The van der Waals surface area contributed by atoms with Gasteiger partial charge in [-0.3, -0.25) is 4.79 Å². The summed E-state index contributed by atoms with van der Waals surface area (Å²) in [6.07, 6.45) is 1.26. The summed E-state index contributed by atoms with van der Waals surface area (Å²) in [6.45, 7) is 1.53. The fourth-order valence-corrected chi connectivity index (χ4v) is 4.20. The van der Waals surface area contributed by atoms with Crippen LogP contribution in [0.15, 0.2) is 65.4 Å². The van der Waals surface area contributed by atoms with Crippen molar-refractivity contribution in [2.24, 2.45) is 0 Å². The zero-order valence-electron chi connectivity index (χ0n) is 17.4. The normalized spacial score (nSPS) is 14.1. The van der Waals surface area contributed by atoms with Crippen LogP contribution in [0.5, 0.6) is 5.75 Å². The van der Waals surface area contributed by atoms with Gasteiger partial charge in [-0.25, -0.2) is 9.18 Å². The van der Waals surface area contributed by atoms with Crippen LogP contribution >= 0.6 is 11.3 Å². The number of nitrogens with one attached hydrogen (secondary N) is 2. The summed E-state index contributed by atoms with van der Waals surface area (Å²) in [6, 6.07) is 14.7. The molecule has 1 aliphatic rings. The summed E-state index contributed by atoms with van der Waals surface area (Å²) in [5.74, 6) is -0.0220. The summed E-state index contributed by atoms with van der Waals surface area (Å²) < 4.78 is 19.1. The van der Waals surface area contributed by atoms with Gasteiger partial charge in [-0.05, 0) is 52.7 Å². The number of hydrogen-bond donors (Lipinski definition) is 2. The maximum absolute atomic E-state index is 13.3. The average molecular weight is 454 g/mol. The number of piperidine rings is 1. The Morgan fingerprint density at radius 2 is 1.91 bits per heavy atom. The van der Waals surface area contributed by atoms with Gasteiger partial charge < -0.3 is 20.3 Å². The standard InChI is InChI=1S/C24H24FN3O3S/c25-19-4-2-6-22(14-19)31-21-7-10-28(11-8-21)24(30)27-20-5-1-3-18(13-20)23(29)26-15-17-9-12-32-16-17/h1-6,9,12-14,16,21H,7-8,10-11,15H2,(H,26,29)(H,27,30). The lowest BCUT2D eigenvalue weighted by Crippen LogP contribution is -2.43. The molecule has 0 atom stereocenters. The van der Waals surface area contributed by atoms with E-state index in [2.05, 4.69) is 10.6 Å². The van der Waals surface area contributed by atoms with E-state index in [1.165, 1.54) is 12.1 Å². The first-order valence-electron chi connectivity index (χ1n) is 10.4. The van der Waals surface area contributed by atoms with Gasteiger partial charge in [-0.15, -0.1) is 0 Å². The molecule has 32 heavy (non-hydrogen) atoms. The molecule has 2 N–H and O–H groups in total. The number of amides is 3. The molecule has 1 aromatic heterocycles. The molecule has 1 aliphatic heterocycles. The van der Waals surface area contributed by atoms with Gasteiger partial charge >= 0.3 is 6.03 Å². The Bertz CT molecular complexity index is 1070. The first kappa shape index (κ1) is 21.8. The average Bonchev–Trinajstić information content (AvgIpc) is 3.32. The van der Waals surface area contributed by atoms with Gasteiger partial charge in [0.15, 0.2) is 0 Å². The van der Waals surface area contributed by atoms with Crippen LogP contribution in [0, 0.1) is 5.82 Å². The van der Waals surface area contributed by atoms with Crippen LogP contribution in [0.25, 0.3) is 0 Å². The molecule has 0 spiro atoms. The molecule has 2 heterocycles. The van der Waals surface area contributed by atoms with E-state index in [0.717, 1.165) is 5.56 Å². The minimum absolute atomic E-state index is 0.0592. The predicted molar refractivity (Wildman–Crippen MR) is 123 cm³/mol. The second kappa shape index (κ2) is 10.3. The summed E-state index contributed by atoms with van der Waals surface area (Å²) in [4.78, 5) is 26.8. The van der Waals surface area contributed by atoms with Crippen LogP contribution in [0.1, 0.15) is 28.8 Å². The number of thiophene rings is 1. The maximum Gasteiger partial charge on any atom is 0.321 e. The number of carbonyl (C=O) groups excluding carboxylic acids is 2. The third-order valence-corrected chi connectivity index (χ3v) is 5.97. The minimum Gasteiger partial charge on any atom is -0.490 e. The molecule has 3 aromatic rings. The molecule has 0 radical (unpaired) electrons. The van der Waals surface area contributed by atoms with E-state index in [4.69, 9.17) is 4.74 Å². The number of urea groups is 1. The topological polar surface area (TPSA) is 70.7 Å². The Morgan fingerprint density at radius 1 is 1.09 bits per heavy atom. The Hall–Kier alpha value is -3.39. The van der Waals surface area contributed by atoms with Gasteiger partial charge in [0.2, 0.25) is 0 Å². The molecule has 0 bridgehead atoms. The first-order chi connectivity index (χ1) is 15.6. The Balaban J connectivity index is 1.27. The molecule has 1 fully saturated rings. The van der Waals surface area contributed by atoms with E-state index in [1.54, 1.807) is 52.6 Å². The zero-order valence-corrected chi connectivity index (χ0v) is 18.2. The number of halogens is 1.